The first-order valence-electron chi connectivity index (χ1n) is 8.01. The molecule has 1 fully saturated rings. The number of nitrogens with two attached hydrogens (primary N) is 1. The van der Waals surface area contributed by atoms with E-state index in [-0.39, 0.29) is 5.97 Å². The Bertz CT molecular complexity index is 468. The van der Waals surface area contributed by atoms with E-state index in [0.717, 1.165) is 18.2 Å². The average molecular weight is 290 g/mol. The van der Waals surface area contributed by atoms with Gasteiger partial charge >= 0.3 is 5.97 Å². The van der Waals surface area contributed by atoms with Crippen LogP contribution < -0.4 is 11.1 Å². The topological polar surface area (TPSA) is 64.3 Å². The summed E-state index contributed by atoms with van der Waals surface area (Å²) in [5.41, 5.74) is 7.66. The molecule has 1 saturated carbocycles. The van der Waals surface area contributed by atoms with Crippen LogP contribution in [0.3, 0.4) is 0 Å². The quantitative estimate of drug-likeness (QED) is 0.455. The molecule has 0 saturated heterocycles. The van der Waals surface area contributed by atoms with E-state index in [1.807, 2.05) is 6.07 Å². The molecule has 0 atom stereocenters. The maximum absolute atomic E-state index is 11.8. The van der Waals surface area contributed by atoms with Crippen molar-refractivity contribution in [3.8, 4) is 0 Å². The van der Waals surface area contributed by atoms with Crippen molar-refractivity contribution in [2.75, 3.05) is 24.2 Å². The minimum Gasteiger partial charge on any atom is -0.462 e. The number of benzene rings is 1. The molecule has 0 aliphatic heterocycles. The third kappa shape index (κ3) is 4.66. The second-order valence-corrected chi connectivity index (χ2v) is 5.74. The van der Waals surface area contributed by atoms with Crippen LogP contribution in [0.15, 0.2) is 18.2 Å². The normalized spacial score (nSPS) is 15.1. The van der Waals surface area contributed by atoms with Crippen molar-refractivity contribution in [2.45, 2.75) is 45.4 Å². The predicted molar refractivity (Wildman–Crippen MR) is 86.5 cm³/mol. The summed E-state index contributed by atoms with van der Waals surface area (Å²) >= 11 is 0. The van der Waals surface area contributed by atoms with Crippen LogP contribution in [0.1, 0.15) is 55.8 Å². The van der Waals surface area contributed by atoms with Crippen LogP contribution in [0.25, 0.3) is 0 Å². The van der Waals surface area contributed by atoms with Crippen LogP contribution in [0, 0.1) is 5.92 Å². The van der Waals surface area contributed by atoms with Crippen LogP contribution in [-0.4, -0.2) is 19.1 Å². The van der Waals surface area contributed by atoms with Gasteiger partial charge in [0.15, 0.2) is 0 Å². The number of nitrogens with one attached hydrogen (secondary N) is 1. The lowest BCUT2D eigenvalue weighted by molar-refractivity contribution is 0.0527. The fourth-order valence-corrected chi connectivity index (χ4v) is 2.97. The van der Waals surface area contributed by atoms with E-state index >= 15 is 0 Å². The number of carbonyl (C=O) groups is 1. The largest absolute Gasteiger partial charge is 0.462 e. The second-order valence-electron chi connectivity index (χ2n) is 5.74. The van der Waals surface area contributed by atoms with Gasteiger partial charge in [-0.3, -0.25) is 0 Å². The molecule has 0 amide bonds. The summed E-state index contributed by atoms with van der Waals surface area (Å²) in [5.74, 6) is 0.568. The molecule has 0 heterocycles. The molecule has 1 aromatic rings. The highest BCUT2D eigenvalue weighted by Crippen LogP contribution is 2.28. The standard InChI is InChI=1S/C17H26N2O2/c1-2-21-17(20)15-12-14(9-10-16(15)18)19-11-5-8-13-6-3-4-7-13/h9-10,12-13,19H,2-8,11,18H2,1H3. The highest BCUT2D eigenvalue weighted by molar-refractivity contribution is 5.96. The molecule has 0 aromatic heterocycles. The number of hydrogen-bond donors (Lipinski definition) is 2. The lowest BCUT2D eigenvalue weighted by Gasteiger charge is -2.12. The van der Waals surface area contributed by atoms with Gasteiger partial charge < -0.3 is 15.8 Å². The predicted octanol–water partition coefficient (Wildman–Crippen LogP) is 3.83. The van der Waals surface area contributed by atoms with E-state index in [1.54, 1.807) is 19.1 Å². The Kier molecular flexibility index (Phi) is 5.90. The fraction of sp³-hybridized carbons (Fsp3) is 0.588. The summed E-state index contributed by atoms with van der Waals surface area (Å²) < 4.78 is 5.01. The van der Waals surface area contributed by atoms with Crippen molar-refractivity contribution >= 4 is 17.3 Å². The smallest absolute Gasteiger partial charge is 0.340 e. The van der Waals surface area contributed by atoms with Crippen molar-refractivity contribution in [3.63, 3.8) is 0 Å². The second kappa shape index (κ2) is 7.91. The molecule has 1 aliphatic carbocycles. The summed E-state index contributed by atoms with van der Waals surface area (Å²) in [6.45, 7) is 3.08. The van der Waals surface area contributed by atoms with Gasteiger partial charge in [0.1, 0.15) is 0 Å². The minimum atomic E-state index is -0.357. The molecule has 0 spiro atoms. The first-order valence-corrected chi connectivity index (χ1v) is 8.01. The van der Waals surface area contributed by atoms with E-state index in [9.17, 15) is 4.79 Å². The van der Waals surface area contributed by atoms with Gasteiger partial charge in [0.25, 0.3) is 0 Å². The monoisotopic (exact) mass is 290 g/mol. The fourth-order valence-electron chi connectivity index (χ4n) is 2.97. The van der Waals surface area contributed by atoms with Gasteiger partial charge in [-0.25, -0.2) is 4.79 Å². The average Bonchev–Trinajstić information content (AvgIpc) is 2.98. The van der Waals surface area contributed by atoms with Gasteiger partial charge in [0.2, 0.25) is 0 Å². The summed E-state index contributed by atoms with van der Waals surface area (Å²) in [7, 11) is 0. The van der Waals surface area contributed by atoms with Gasteiger partial charge in [-0.05, 0) is 43.9 Å². The Labute approximate surface area is 127 Å². The minimum absolute atomic E-state index is 0.357. The molecule has 1 aromatic carbocycles. The molecule has 1 aliphatic rings. The number of carbonyl (C=O) groups excluding carboxylic acids is 1. The zero-order valence-corrected chi connectivity index (χ0v) is 12.9. The zero-order chi connectivity index (χ0) is 15.1. The molecule has 2 rings (SSSR count). The molecule has 3 N–H and O–H groups in total. The highest BCUT2D eigenvalue weighted by Gasteiger charge is 2.14. The van der Waals surface area contributed by atoms with Gasteiger partial charge in [-0.1, -0.05) is 25.7 Å². The lowest BCUT2D eigenvalue weighted by Crippen LogP contribution is -2.10. The molecular formula is C17H26N2O2. The summed E-state index contributed by atoms with van der Waals surface area (Å²) in [6, 6.07) is 5.45. The van der Waals surface area contributed by atoms with Crippen molar-refractivity contribution in [1.29, 1.82) is 0 Å². The number of ether oxygens (including phenoxy) is 1. The Morgan fingerprint density at radius 1 is 1.38 bits per heavy atom. The summed E-state index contributed by atoms with van der Waals surface area (Å²) in [5, 5.41) is 3.37. The van der Waals surface area contributed by atoms with Crippen LogP contribution in [0.4, 0.5) is 11.4 Å². The summed E-state index contributed by atoms with van der Waals surface area (Å²) in [6.07, 6.45) is 8.07. The van der Waals surface area contributed by atoms with Crippen LogP contribution in [-0.2, 0) is 4.74 Å². The first-order chi connectivity index (χ1) is 10.2. The van der Waals surface area contributed by atoms with E-state index < -0.39 is 0 Å². The maximum atomic E-state index is 11.8. The number of nitrogen functional groups attached to an aromatic ring is 1. The Hall–Kier alpha value is -1.71. The number of anilines is 2. The Morgan fingerprint density at radius 2 is 2.14 bits per heavy atom. The number of rotatable bonds is 7. The van der Waals surface area contributed by atoms with Crippen LogP contribution in [0.5, 0.6) is 0 Å². The van der Waals surface area contributed by atoms with E-state index in [2.05, 4.69) is 5.32 Å². The third-order valence-corrected chi connectivity index (χ3v) is 4.14. The van der Waals surface area contributed by atoms with E-state index in [0.29, 0.717) is 17.9 Å². The highest BCUT2D eigenvalue weighted by atomic mass is 16.5. The molecule has 116 valence electrons. The molecule has 0 radical (unpaired) electrons. The summed E-state index contributed by atoms with van der Waals surface area (Å²) in [4.78, 5) is 11.8. The van der Waals surface area contributed by atoms with Gasteiger partial charge in [-0.15, -0.1) is 0 Å². The van der Waals surface area contributed by atoms with Crippen molar-refractivity contribution < 1.29 is 9.53 Å². The van der Waals surface area contributed by atoms with Gasteiger partial charge in [-0.2, -0.15) is 0 Å². The molecular weight excluding hydrogens is 264 g/mol. The van der Waals surface area contributed by atoms with E-state index in [4.69, 9.17) is 10.5 Å². The van der Waals surface area contributed by atoms with Crippen LogP contribution >= 0.6 is 0 Å². The van der Waals surface area contributed by atoms with Crippen LogP contribution in [0.2, 0.25) is 0 Å². The third-order valence-electron chi connectivity index (χ3n) is 4.14. The van der Waals surface area contributed by atoms with E-state index in [1.165, 1.54) is 38.5 Å². The van der Waals surface area contributed by atoms with Crippen molar-refractivity contribution in [3.05, 3.63) is 23.8 Å². The lowest BCUT2D eigenvalue weighted by atomic mass is 10.0. The van der Waals surface area contributed by atoms with Crippen molar-refractivity contribution in [1.82, 2.24) is 0 Å². The molecule has 21 heavy (non-hydrogen) atoms. The van der Waals surface area contributed by atoms with Gasteiger partial charge in [0.05, 0.1) is 12.2 Å². The Morgan fingerprint density at radius 3 is 2.86 bits per heavy atom. The molecule has 4 nitrogen and oxygen atoms in total. The SMILES string of the molecule is CCOC(=O)c1cc(NCCCC2CCCC2)ccc1N. The number of esters is 1. The first kappa shape index (κ1) is 15.7. The Balaban J connectivity index is 1.82. The number of hydrogen-bond acceptors (Lipinski definition) is 4. The molecule has 0 bridgehead atoms. The van der Waals surface area contributed by atoms with Crippen molar-refractivity contribution in [2.24, 2.45) is 5.92 Å². The van der Waals surface area contributed by atoms with Gasteiger partial charge in [0, 0.05) is 17.9 Å². The molecule has 4 heteroatoms. The zero-order valence-electron chi connectivity index (χ0n) is 12.9. The molecule has 0 unspecified atom stereocenters. The maximum Gasteiger partial charge on any atom is 0.340 e.